The quantitative estimate of drug-likeness (QED) is 0.868. The lowest BCUT2D eigenvalue weighted by atomic mass is 9.99. The Morgan fingerprint density at radius 1 is 1.09 bits per heavy atom. The molecule has 1 heterocycles. The van der Waals surface area contributed by atoms with Crippen LogP contribution in [0.15, 0.2) is 48.5 Å². The highest BCUT2D eigenvalue weighted by atomic mass is 16.2. The van der Waals surface area contributed by atoms with Gasteiger partial charge in [0, 0.05) is 24.9 Å². The standard InChI is InChI=1S/C19H19NO2/c1-14-6-8-15(9-7-14)10-11-19(22)20-13-12-18(21)16-4-2-3-5-17(16)20/h2-9H,10-13H2,1H3. The smallest absolute Gasteiger partial charge is 0.227 e. The number of amides is 1. The summed E-state index contributed by atoms with van der Waals surface area (Å²) < 4.78 is 0. The van der Waals surface area contributed by atoms with Gasteiger partial charge in [0.05, 0.1) is 5.69 Å². The molecule has 0 atom stereocenters. The van der Waals surface area contributed by atoms with E-state index in [1.165, 1.54) is 11.1 Å². The third-order valence-electron chi connectivity index (χ3n) is 4.11. The summed E-state index contributed by atoms with van der Waals surface area (Å²) in [5.74, 6) is 0.207. The molecule has 3 nitrogen and oxygen atoms in total. The second kappa shape index (κ2) is 6.14. The molecule has 0 aromatic heterocycles. The van der Waals surface area contributed by atoms with Crippen LogP contribution in [-0.4, -0.2) is 18.2 Å². The first kappa shape index (κ1) is 14.5. The van der Waals surface area contributed by atoms with Crippen LogP contribution in [0.25, 0.3) is 0 Å². The molecule has 0 spiro atoms. The van der Waals surface area contributed by atoms with Crippen molar-refractivity contribution in [3.8, 4) is 0 Å². The highest BCUT2D eigenvalue weighted by Crippen LogP contribution is 2.27. The first-order chi connectivity index (χ1) is 10.6. The van der Waals surface area contributed by atoms with Crippen molar-refractivity contribution in [3.05, 3.63) is 65.2 Å². The van der Waals surface area contributed by atoms with Crippen molar-refractivity contribution in [1.82, 2.24) is 0 Å². The van der Waals surface area contributed by atoms with Gasteiger partial charge in [0.2, 0.25) is 5.91 Å². The van der Waals surface area contributed by atoms with E-state index >= 15 is 0 Å². The topological polar surface area (TPSA) is 37.4 Å². The minimum Gasteiger partial charge on any atom is -0.311 e. The summed E-state index contributed by atoms with van der Waals surface area (Å²) in [6.45, 7) is 2.54. The van der Waals surface area contributed by atoms with Gasteiger partial charge in [-0.3, -0.25) is 9.59 Å². The summed E-state index contributed by atoms with van der Waals surface area (Å²) in [4.78, 5) is 26.2. The van der Waals surface area contributed by atoms with Crippen molar-refractivity contribution in [1.29, 1.82) is 0 Å². The van der Waals surface area contributed by atoms with E-state index in [1.807, 2.05) is 18.2 Å². The maximum Gasteiger partial charge on any atom is 0.227 e. The predicted molar refractivity (Wildman–Crippen MR) is 87.2 cm³/mol. The first-order valence-electron chi connectivity index (χ1n) is 7.63. The highest BCUT2D eigenvalue weighted by molar-refractivity contribution is 6.08. The summed E-state index contributed by atoms with van der Waals surface area (Å²) in [7, 11) is 0. The van der Waals surface area contributed by atoms with Crippen LogP contribution in [0.2, 0.25) is 0 Å². The highest BCUT2D eigenvalue weighted by Gasteiger charge is 2.26. The number of anilines is 1. The van der Waals surface area contributed by atoms with E-state index in [2.05, 4.69) is 31.2 Å². The van der Waals surface area contributed by atoms with E-state index in [0.29, 0.717) is 24.9 Å². The van der Waals surface area contributed by atoms with E-state index < -0.39 is 0 Å². The molecule has 2 aromatic carbocycles. The van der Waals surface area contributed by atoms with E-state index in [0.717, 1.165) is 12.1 Å². The number of nitrogens with zero attached hydrogens (tertiary/aromatic N) is 1. The molecule has 0 unspecified atom stereocenters. The zero-order valence-electron chi connectivity index (χ0n) is 12.7. The number of Topliss-reactive ketones (excluding diaryl/α,β-unsaturated/α-hetero) is 1. The van der Waals surface area contributed by atoms with Gasteiger partial charge in [-0.15, -0.1) is 0 Å². The number of ketones is 1. The minimum absolute atomic E-state index is 0.0838. The number of carbonyl (C=O) groups is 2. The molecule has 22 heavy (non-hydrogen) atoms. The van der Waals surface area contributed by atoms with Crippen LogP contribution in [-0.2, 0) is 11.2 Å². The molecule has 2 aromatic rings. The van der Waals surface area contributed by atoms with E-state index in [1.54, 1.807) is 11.0 Å². The van der Waals surface area contributed by atoms with Gasteiger partial charge in [-0.2, -0.15) is 0 Å². The molecule has 112 valence electrons. The largest absolute Gasteiger partial charge is 0.311 e. The van der Waals surface area contributed by atoms with Gasteiger partial charge in [0.15, 0.2) is 5.78 Å². The average molecular weight is 293 g/mol. The number of para-hydroxylation sites is 1. The normalized spacial score (nSPS) is 13.9. The van der Waals surface area contributed by atoms with Crippen LogP contribution in [0.5, 0.6) is 0 Å². The van der Waals surface area contributed by atoms with E-state index in [4.69, 9.17) is 0 Å². The number of fused-ring (bicyclic) bond motifs is 1. The Labute approximate surface area is 130 Å². The zero-order valence-corrected chi connectivity index (χ0v) is 12.7. The Balaban J connectivity index is 1.72. The molecular formula is C19H19NO2. The number of carbonyl (C=O) groups excluding carboxylic acids is 2. The Kier molecular flexibility index (Phi) is 4.05. The number of hydrogen-bond acceptors (Lipinski definition) is 2. The average Bonchev–Trinajstić information content (AvgIpc) is 2.55. The minimum atomic E-state index is 0.0838. The second-order valence-electron chi connectivity index (χ2n) is 5.72. The molecule has 0 saturated carbocycles. The van der Waals surface area contributed by atoms with Crippen LogP contribution in [0, 0.1) is 6.92 Å². The Morgan fingerprint density at radius 3 is 2.59 bits per heavy atom. The van der Waals surface area contributed by atoms with Crippen LogP contribution < -0.4 is 4.90 Å². The maximum absolute atomic E-state index is 12.5. The zero-order chi connectivity index (χ0) is 15.5. The van der Waals surface area contributed by atoms with Crippen molar-refractivity contribution in [2.24, 2.45) is 0 Å². The Morgan fingerprint density at radius 2 is 1.82 bits per heavy atom. The molecule has 0 fully saturated rings. The number of rotatable bonds is 3. The van der Waals surface area contributed by atoms with Crippen molar-refractivity contribution in [2.45, 2.75) is 26.2 Å². The molecule has 0 saturated heterocycles. The summed E-state index contributed by atoms with van der Waals surface area (Å²) in [6.07, 6.45) is 1.60. The van der Waals surface area contributed by atoms with Gasteiger partial charge in [-0.1, -0.05) is 42.0 Å². The molecule has 1 aliphatic heterocycles. The van der Waals surface area contributed by atoms with Gasteiger partial charge in [-0.25, -0.2) is 0 Å². The number of benzene rings is 2. The van der Waals surface area contributed by atoms with E-state index in [9.17, 15) is 9.59 Å². The van der Waals surface area contributed by atoms with Crippen LogP contribution in [0.1, 0.15) is 34.3 Å². The molecule has 0 N–H and O–H groups in total. The molecule has 1 amide bonds. The van der Waals surface area contributed by atoms with Gasteiger partial charge >= 0.3 is 0 Å². The first-order valence-corrected chi connectivity index (χ1v) is 7.63. The van der Waals surface area contributed by atoms with Crippen LogP contribution >= 0.6 is 0 Å². The lowest BCUT2D eigenvalue weighted by Gasteiger charge is -2.28. The van der Waals surface area contributed by atoms with E-state index in [-0.39, 0.29) is 11.7 Å². The third-order valence-corrected chi connectivity index (χ3v) is 4.11. The fourth-order valence-electron chi connectivity index (χ4n) is 2.81. The molecule has 3 rings (SSSR count). The summed E-state index contributed by atoms with van der Waals surface area (Å²) in [6, 6.07) is 15.6. The predicted octanol–water partition coefficient (Wildman–Crippen LogP) is 3.55. The van der Waals surface area contributed by atoms with Crippen molar-refractivity contribution < 1.29 is 9.59 Å². The fraction of sp³-hybridized carbons (Fsp3) is 0.263. The molecule has 0 radical (unpaired) electrons. The third kappa shape index (κ3) is 2.93. The number of aryl methyl sites for hydroxylation is 2. The lowest BCUT2D eigenvalue weighted by Crippen LogP contribution is -2.37. The second-order valence-corrected chi connectivity index (χ2v) is 5.72. The molecule has 0 bridgehead atoms. The Hall–Kier alpha value is -2.42. The SMILES string of the molecule is Cc1ccc(CCC(=O)N2CCC(=O)c3ccccc32)cc1. The van der Waals surface area contributed by atoms with Crippen molar-refractivity contribution in [3.63, 3.8) is 0 Å². The molecule has 0 aliphatic carbocycles. The maximum atomic E-state index is 12.5. The van der Waals surface area contributed by atoms with Gasteiger partial charge in [-0.05, 0) is 31.0 Å². The van der Waals surface area contributed by atoms with Gasteiger partial charge < -0.3 is 4.90 Å². The molecule has 1 aliphatic rings. The van der Waals surface area contributed by atoms with Gasteiger partial charge in [0.25, 0.3) is 0 Å². The molecular weight excluding hydrogens is 274 g/mol. The summed E-state index contributed by atoms with van der Waals surface area (Å²) in [5.41, 5.74) is 3.81. The Bertz CT molecular complexity index is 704. The van der Waals surface area contributed by atoms with Crippen LogP contribution in [0.3, 0.4) is 0 Å². The lowest BCUT2D eigenvalue weighted by molar-refractivity contribution is -0.118. The van der Waals surface area contributed by atoms with Crippen molar-refractivity contribution >= 4 is 17.4 Å². The summed E-state index contributed by atoms with van der Waals surface area (Å²) in [5, 5.41) is 0. The summed E-state index contributed by atoms with van der Waals surface area (Å²) >= 11 is 0. The number of hydrogen-bond donors (Lipinski definition) is 0. The monoisotopic (exact) mass is 293 g/mol. The van der Waals surface area contributed by atoms with Crippen LogP contribution in [0.4, 0.5) is 5.69 Å². The molecule has 3 heteroatoms. The van der Waals surface area contributed by atoms with Crippen molar-refractivity contribution in [2.75, 3.05) is 11.4 Å². The fourth-order valence-corrected chi connectivity index (χ4v) is 2.81. The van der Waals surface area contributed by atoms with Gasteiger partial charge in [0.1, 0.15) is 0 Å².